The minimum Gasteiger partial charge on any atom is -0.460 e. The van der Waals surface area contributed by atoms with E-state index in [1.165, 1.54) is 6.08 Å². The fourth-order valence-corrected chi connectivity index (χ4v) is 0.659. The summed E-state index contributed by atoms with van der Waals surface area (Å²) in [5.74, 6) is -0.836. The Balaban J connectivity index is 3.76. The van der Waals surface area contributed by atoms with Crippen molar-refractivity contribution in [3.8, 4) is 0 Å². The molecule has 0 spiro atoms. The van der Waals surface area contributed by atoms with Gasteiger partial charge < -0.3 is 9.84 Å². The maximum atomic E-state index is 10.7. The van der Waals surface area contributed by atoms with Gasteiger partial charge in [0.05, 0.1) is 6.42 Å². The molecule has 0 aromatic heterocycles. The highest BCUT2D eigenvalue weighted by atomic mass is 32.1. The Morgan fingerprint density at radius 3 is 2.67 bits per heavy atom. The number of rotatable bonds is 5. The Kier molecular flexibility index (Phi) is 5.40. The first kappa shape index (κ1) is 11.2. The molecule has 0 saturated carbocycles. The van der Waals surface area contributed by atoms with Crippen LogP contribution >= 0.6 is 12.6 Å². The van der Waals surface area contributed by atoms with Crippen LogP contribution in [0, 0.1) is 0 Å². The number of carbonyl (C=O) groups excluding carboxylic acids is 2. The van der Waals surface area contributed by atoms with E-state index in [-0.39, 0.29) is 13.0 Å². The van der Waals surface area contributed by atoms with Gasteiger partial charge in [-0.3, -0.25) is 4.79 Å². The van der Waals surface area contributed by atoms with Gasteiger partial charge in [0.1, 0.15) is 6.61 Å². The third-order valence-corrected chi connectivity index (χ3v) is 1.17. The molecule has 0 fully saturated rings. The number of thiol groups is 1. The van der Waals surface area contributed by atoms with Crippen molar-refractivity contribution in [1.82, 2.24) is 0 Å². The Hall–Kier alpha value is -0.810. The van der Waals surface area contributed by atoms with Gasteiger partial charge in [0.15, 0.2) is 11.2 Å². The van der Waals surface area contributed by atoms with Crippen molar-refractivity contribution in [1.29, 1.82) is 0 Å². The third-order valence-electron chi connectivity index (χ3n) is 0.983. The van der Waals surface area contributed by atoms with Gasteiger partial charge in [0.2, 0.25) is 0 Å². The molecule has 0 rings (SSSR count). The number of carbonyl (C=O) groups is 2. The molecular weight excluding hydrogens is 180 g/mol. The minimum atomic E-state index is -1.42. The van der Waals surface area contributed by atoms with Crippen LogP contribution in [0.3, 0.4) is 0 Å². The monoisotopic (exact) mass is 190 g/mol. The van der Waals surface area contributed by atoms with E-state index in [0.29, 0.717) is 0 Å². The Morgan fingerprint density at radius 1 is 1.67 bits per heavy atom. The number of esters is 1. The molecule has 0 aromatic carbocycles. The number of aliphatic hydroxyl groups excluding tert-OH is 1. The zero-order valence-electron chi connectivity index (χ0n) is 6.40. The number of aliphatic hydroxyl groups is 1. The molecule has 68 valence electrons. The topological polar surface area (TPSA) is 63.6 Å². The highest BCUT2D eigenvalue weighted by molar-refractivity contribution is 7.96. The summed E-state index contributed by atoms with van der Waals surface area (Å²) in [7, 11) is 0. The van der Waals surface area contributed by atoms with Gasteiger partial charge in [0.25, 0.3) is 0 Å². The Labute approximate surface area is 75.6 Å². The average molecular weight is 190 g/mol. The van der Waals surface area contributed by atoms with Gasteiger partial charge in [-0.25, -0.2) is 4.79 Å². The van der Waals surface area contributed by atoms with E-state index in [9.17, 15) is 9.59 Å². The van der Waals surface area contributed by atoms with Crippen molar-refractivity contribution in [3.63, 3.8) is 0 Å². The first-order valence-corrected chi connectivity index (χ1v) is 3.70. The fourth-order valence-electron chi connectivity index (χ4n) is 0.486. The zero-order valence-corrected chi connectivity index (χ0v) is 7.29. The molecule has 1 unspecified atom stereocenters. The van der Waals surface area contributed by atoms with Crippen LogP contribution in [0.15, 0.2) is 12.7 Å². The van der Waals surface area contributed by atoms with Crippen molar-refractivity contribution < 1.29 is 19.4 Å². The molecule has 1 N–H and O–H groups in total. The van der Waals surface area contributed by atoms with Crippen LogP contribution in [0.25, 0.3) is 0 Å². The van der Waals surface area contributed by atoms with E-state index in [1.807, 2.05) is 0 Å². The first-order valence-electron chi connectivity index (χ1n) is 3.25. The maximum absolute atomic E-state index is 10.7. The molecule has 0 radical (unpaired) electrons. The normalized spacial score (nSPS) is 11.8. The molecule has 0 bridgehead atoms. The van der Waals surface area contributed by atoms with Gasteiger partial charge in [0, 0.05) is 0 Å². The summed E-state index contributed by atoms with van der Waals surface area (Å²) in [5, 5.41) is 8.38. The quantitative estimate of drug-likeness (QED) is 0.361. The molecule has 0 aliphatic heterocycles. The molecule has 0 aliphatic carbocycles. The minimum absolute atomic E-state index is 0.0245. The second-order valence-corrected chi connectivity index (χ2v) is 2.53. The number of hydrogen-bond acceptors (Lipinski definition) is 4. The lowest BCUT2D eigenvalue weighted by Gasteiger charge is -2.06. The molecule has 1 atom stereocenters. The molecule has 4 nitrogen and oxygen atoms in total. The standard InChI is InChI=1S/C7H10O4S/c1-2-3-11-7(10)5(8)4-6(9)12/h2,5,8H,1,3-4H2,(H,9,12). The van der Waals surface area contributed by atoms with Crippen LogP contribution in [0.2, 0.25) is 0 Å². The Morgan fingerprint density at radius 2 is 2.25 bits per heavy atom. The average Bonchev–Trinajstić information content (AvgIpc) is 1.98. The van der Waals surface area contributed by atoms with E-state index in [1.54, 1.807) is 0 Å². The van der Waals surface area contributed by atoms with Gasteiger partial charge in [-0.05, 0) is 0 Å². The molecule has 0 aromatic rings. The predicted molar refractivity (Wildman–Crippen MR) is 45.8 cm³/mol. The SMILES string of the molecule is C=CCOC(=O)C(O)CC(=O)S. The third kappa shape index (κ3) is 4.92. The summed E-state index contributed by atoms with van der Waals surface area (Å²) >= 11 is 3.40. The maximum Gasteiger partial charge on any atom is 0.335 e. The summed E-state index contributed by atoms with van der Waals surface area (Å²) in [4.78, 5) is 21.0. The lowest BCUT2D eigenvalue weighted by Crippen LogP contribution is -2.24. The summed E-state index contributed by atoms with van der Waals surface area (Å²) in [5.41, 5.74) is 0. The molecule has 0 heterocycles. The van der Waals surface area contributed by atoms with Crippen molar-refractivity contribution in [2.75, 3.05) is 6.61 Å². The van der Waals surface area contributed by atoms with Gasteiger partial charge in [-0.2, -0.15) is 0 Å². The van der Waals surface area contributed by atoms with E-state index in [4.69, 9.17) is 5.11 Å². The summed E-state index contributed by atoms with van der Waals surface area (Å²) in [6.45, 7) is 3.34. The fraction of sp³-hybridized carbons (Fsp3) is 0.429. The van der Waals surface area contributed by atoms with E-state index in [2.05, 4.69) is 23.9 Å². The van der Waals surface area contributed by atoms with Crippen LogP contribution < -0.4 is 0 Å². The van der Waals surface area contributed by atoms with Gasteiger partial charge >= 0.3 is 5.97 Å². The van der Waals surface area contributed by atoms with Crippen molar-refractivity contribution in [2.45, 2.75) is 12.5 Å². The van der Waals surface area contributed by atoms with Gasteiger partial charge in [-0.1, -0.05) is 12.7 Å². The van der Waals surface area contributed by atoms with Gasteiger partial charge in [-0.15, -0.1) is 12.6 Å². The molecular formula is C7H10O4S. The van der Waals surface area contributed by atoms with E-state index in [0.717, 1.165) is 0 Å². The van der Waals surface area contributed by atoms with Crippen molar-refractivity contribution in [3.05, 3.63) is 12.7 Å². The van der Waals surface area contributed by atoms with Crippen LogP contribution in [0.1, 0.15) is 6.42 Å². The lowest BCUT2D eigenvalue weighted by atomic mass is 10.3. The van der Waals surface area contributed by atoms with Crippen LogP contribution in [-0.4, -0.2) is 28.9 Å². The zero-order chi connectivity index (χ0) is 9.56. The summed E-state index contributed by atoms with van der Waals surface area (Å²) in [6, 6.07) is 0. The van der Waals surface area contributed by atoms with E-state index >= 15 is 0 Å². The largest absolute Gasteiger partial charge is 0.460 e. The molecule has 12 heavy (non-hydrogen) atoms. The second-order valence-electron chi connectivity index (χ2n) is 2.03. The highest BCUT2D eigenvalue weighted by Crippen LogP contribution is 1.98. The lowest BCUT2D eigenvalue weighted by molar-refractivity contribution is -0.153. The van der Waals surface area contributed by atoms with Crippen LogP contribution in [-0.2, 0) is 14.3 Å². The van der Waals surface area contributed by atoms with E-state index < -0.39 is 17.2 Å². The molecule has 0 aliphatic rings. The van der Waals surface area contributed by atoms with Crippen molar-refractivity contribution >= 4 is 23.7 Å². The second kappa shape index (κ2) is 5.79. The predicted octanol–water partition coefficient (Wildman–Crippen LogP) is -0.0770. The first-order chi connectivity index (χ1) is 5.57. The summed E-state index contributed by atoms with van der Waals surface area (Å²) < 4.78 is 4.46. The van der Waals surface area contributed by atoms with Crippen molar-refractivity contribution in [2.24, 2.45) is 0 Å². The van der Waals surface area contributed by atoms with Crippen LogP contribution in [0.4, 0.5) is 0 Å². The smallest absolute Gasteiger partial charge is 0.335 e. The number of hydrogen-bond donors (Lipinski definition) is 2. The molecule has 0 amide bonds. The molecule has 5 heteroatoms. The highest BCUT2D eigenvalue weighted by Gasteiger charge is 2.17. The molecule has 0 saturated heterocycles. The number of ether oxygens (including phenoxy) is 1. The Bertz CT molecular complexity index is 190. The van der Waals surface area contributed by atoms with Crippen LogP contribution in [0.5, 0.6) is 0 Å². The summed E-state index contributed by atoms with van der Waals surface area (Å²) in [6.07, 6.45) is -0.387.